The Labute approximate surface area is 84.2 Å². The van der Waals surface area contributed by atoms with E-state index in [0.717, 1.165) is 13.0 Å². The van der Waals surface area contributed by atoms with E-state index < -0.39 is 0 Å². The number of nitrogens with zero attached hydrogens (tertiary/aromatic N) is 1. The molecule has 1 fully saturated rings. The standard InChI is InChI=1S/C10H17NO3/c1-3-8-4-10(13)11(5-8)6-9(12)7-14-2/h8H,3-7H2,1-2H3. The highest BCUT2D eigenvalue weighted by molar-refractivity contribution is 5.87. The van der Waals surface area contributed by atoms with Gasteiger partial charge in [-0.3, -0.25) is 9.59 Å². The lowest BCUT2D eigenvalue weighted by Gasteiger charge is -2.14. The average molecular weight is 199 g/mol. The van der Waals surface area contributed by atoms with Crippen molar-refractivity contribution in [2.45, 2.75) is 19.8 Å². The summed E-state index contributed by atoms with van der Waals surface area (Å²) >= 11 is 0. The first-order valence-electron chi connectivity index (χ1n) is 4.95. The SMILES string of the molecule is CCC1CC(=O)N(CC(=O)COC)C1. The van der Waals surface area contributed by atoms with Crippen molar-refractivity contribution >= 4 is 11.7 Å². The maximum atomic E-state index is 11.4. The third kappa shape index (κ3) is 2.80. The normalized spacial score (nSPS) is 21.7. The Morgan fingerprint density at radius 3 is 2.86 bits per heavy atom. The van der Waals surface area contributed by atoms with E-state index in [-0.39, 0.29) is 24.8 Å². The zero-order valence-corrected chi connectivity index (χ0v) is 8.78. The van der Waals surface area contributed by atoms with Crippen LogP contribution in [0.4, 0.5) is 0 Å². The fraction of sp³-hybridized carbons (Fsp3) is 0.800. The molecule has 4 heteroatoms. The highest BCUT2D eigenvalue weighted by Crippen LogP contribution is 2.19. The lowest BCUT2D eigenvalue weighted by atomic mass is 10.1. The molecular formula is C10H17NO3. The molecule has 0 bridgehead atoms. The zero-order chi connectivity index (χ0) is 10.6. The number of carbonyl (C=O) groups is 2. The quantitative estimate of drug-likeness (QED) is 0.646. The number of hydrogen-bond acceptors (Lipinski definition) is 3. The van der Waals surface area contributed by atoms with Crippen LogP contribution in [0.1, 0.15) is 19.8 Å². The molecule has 80 valence electrons. The highest BCUT2D eigenvalue weighted by Gasteiger charge is 2.29. The molecule has 0 aromatic carbocycles. The largest absolute Gasteiger partial charge is 0.377 e. The predicted octanol–water partition coefficient (Wildman–Crippen LogP) is 0.460. The molecule has 1 rings (SSSR count). The number of rotatable bonds is 5. The highest BCUT2D eigenvalue weighted by atomic mass is 16.5. The summed E-state index contributed by atoms with van der Waals surface area (Å²) in [5.41, 5.74) is 0. The van der Waals surface area contributed by atoms with Crippen LogP contribution in [0, 0.1) is 5.92 Å². The van der Waals surface area contributed by atoms with Gasteiger partial charge in [0.25, 0.3) is 0 Å². The number of ether oxygens (including phenoxy) is 1. The third-order valence-electron chi connectivity index (χ3n) is 2.54. The summed E-state index contributed by atoms with van der Waals surface area (Å²) in [7, 11) is 1.48. The van der Waals surface area contributed by atoms with Crippen LogP contribution in [0.3, 0.4) is 0 Å². The van der Waals surface area contributed by atoms with Crippen molar-refractivity contribution in [2.75, 3.05) is 26.8 Å². The second-order valence-corrected chi connectivity index (χ2v) is 3.72. The number of hydrogen-bond donors (Lipinski definition) is 0. The third-order valence-corrected chi connectivity index (χ3v) is 2.54. The average Bonchev–Trinajstić information content (AvgIpc) is 2.48. The van der Waals surface area contributed by atoms with Gasteiger partial charge in [-0.25, -0.2) is 0 Å². The Hall–Kier alpha value is -0.900. The summed E-state index contributed by atoms with van der Waals surface area (Å²) in [5.74, 6) is 0.497. The van der Waals surface area contributed by atoms with Crippen LogP contribution in [-0.4, -0.2) is 43.4 Å². The van der Waals surface area contributed by atoms with Gasteiger partial charge in [0.15, 0.2) is 5.78 Å². The first kappa shape index (κ1) is 11.2. The second-order valence-electron chi connectivity index (χ2n) is 3.72. The molecule has 0 aromatic heterocycles. The topological polar surface area (TPSA) is 46.6 Å². The number of methoxy groups -OCH3 is 1. The number of Topliss-reactive ketones (excluding diaryl/α,β-unsaturated/α-hetero) is 1. The summed E-state index contributed by atoms with van der Waals surface area (Å²) in [4.78, 5) is 24.3. The summed E-state index contributed by atoms with van der Waals surface area (Å²) in [5, 5.41) is 0. The predicted molar refractivity (Wildman–Crippen MR) is 51.9 cm³/mol. The monoisotopic (exact) mass is 199 g/mol. The van der Waals surface area contributed by atoms with Gasteiger partial charge < -0.3 is 9.64 Å². The van der Waals surface area contributed by atoms with E-state index in [1.54, 1.807) is 4.90 Å². The van der Waals surface area contributed by atoms with Crippen molar-refractivity contribution in [3.63, 3.8) is 0 Å². The molecule has 1 aliphatic heterocycles. The van der Waals surface area contributed by atoms with E-state index >= 15 is 0 Å². The number of carbonyl (C=O) groups excluding carboxylic acids is 2. The van der Waals surface area contributed by atoms with E-state index in [0.29, 0.717) is 12.3 Å². The smallest absolute Gasteiger partial charge is 0.223 e. The van der Waals surface area contributed by atoms with Crippen LogP contribution in [0.2, 0.25) is 0 Å². The molecule has 0 aromatic rings. The maximum absolute atomic E-state index is 11.4. The number of amides is 1. The zero-order valence-electron chi connectivity index (χ0n) is 8.78. The Morgan fingerprint density at radius 2 is 2.36 bits per heavy atom. The van der Waals surface area contributed by atoms with Gasteiger partial charge in [0.1, 0.15) is 6.61 Å². The molecule has 1 aliphatic rings. The molecule has 1 amide bonds. The van der Waals surface area contributed by atoms with Gasteiger partial charge in [0, 0.05) is 20.1 Å². The Bertz CT molecular complexity index is 227. The molecule has 14 heavy (non-hydrogen) atoms. The second kappa shape index (κ2) is 5.10. The van der Waals surface area contributed by atoms with Gasteiger partial charge in [0.2, 0.25) is 5.91 Å². The fourth-order valence-electron chi connectivity index (χ4n) is 1.70. The van der Waals surface area contributed by atoms with Gasteiger partial charge in [-0.2, -0.15) is 0 Å². The Morgan fingerprint density at radius 1 is 1.64 bits per heavy atom. The van der Waals surface area contributed by atoms with Gasteiger partial charge in [-0.15, -0.1) is 0 Å². The maximum Gasteiger partial charge on any atom is 0.223 e. The van der Waals surface area contributed by atoms with Gasteiger partial charge in [0.05, 0.1) is 6.54 Å². The van der Waals surface area contributed by atoms with E-state index in [4.69, 9.17) is 4.74 Å². The molecule has 0 aliphatic carbocycles. The van der Waals surface area contributed by atoms with Crippen molar-refractivity contribution in [3.05, 3.63) is 0 Å². The van der Waals surface area contributed by atoms with Crippen LogP contribution >= 0.6 is 0 Å². The number of ketones is 1. The molecule has 4 nitrogen and oxygen atoms in total. The Kier molecular flexibility index (Phi) is 4.07. The lowest BCUT2D eigenvalue weighted by molar-refractivity contribution is -0.133. The summed E-state index contributed by atoms with van der Waals surface area (Å²) in [6, 6.07) is 0. The summed E-state index contributed by atoms with van der Waals surface area (Å²) in [6.07, 6.45) is 1.59. The summed E-state index contributed by atoms with van der Waals surface area (Å²) in [6.45, 7) is 3.10. The first-order valence-corrected chi connectivity index (χ1v) is 4.95. The fourth-order valence-corrected chi connectivity index (χ4v) is 1.70. The van der Waals surface area contributed by atoms with Crippen molar-refractivity contribution in [1.82, 2.24) is 4.90 Å². The molecule has 0 N–H and O–H groups in total. The van der Waals surface area contributed by atoms with Gasteiger partial charge in [-0.1, -0.05) is 13.3 Å². The van der Waals surface area contributed by atoms with Crippen molar-refractivity contribution in [1.29, 1.82) is 0 Å². The lowest BCUT2D eigenvalue weighted by Crippen LogP contribution is -2.32. The molecule has 0 spiro atoms. The minimum absolute atomic E-state index is 0.0300. The van der Waals surface area contributed by atoms with Crippen LogP contribution < -0.4 is 0 Å². The minimum Gasteiger partial charge on any atom is -0.377 e. The van der Waals surface area contributed by atoms with Crippen LogP contribution in [0.15, 0.2) is 0 Å². The molecule has 1 saturated heterocycles. The molecule has 1 atom stereocenters. The van der Waals surface area contributed by atoms with Crippen molar-refractivity contribution < 1.29 is 14.3 Å². The summed E-state index contributed by atoms with van der Waals surface area (Å²) < 4.78 is 4.71. The van der Waals surface area contributed by atoms with E-state index in [1.807, 2.05) is 0 Å². The minimum atomic E-state index is -0.0300. The van der Waals surface area contributed by atoms with E-state index in [1.165, 1.54) is 7.11 Å². The molecule has 1 unspecified atom stereocenters. The molecule has 0 saturated carbocycles. The van der Waals surface area contributed by atoms with Crippen LogP contribution in [-0.2, 0) is 14.3 Å². The molecular weight excluding hydrogens is 182 g/mol. The molecule has 1 heterocycles. The van der Waals surface area contributed by atoms with Crippen molar-refractivity contribution in [3.8, 4) is 0 Å². The van der Waals surface area contributed by atoms with Gasteiger partial charge >= 0.3 is 0 Å². The first-order chi connectivity index (χ1) is 6.67. The van der Waals surface area contributed by atoms with E-state index in [9.17, 15) is 9.59 Å². The van der Waals surface area contributed by atoms with Crippen molar-refractivity contribution in [2.24, 2.45) is 5.92 Å². The van der Waals surface area contributed by atoms with E-state index in [2.05, 4.69) is 6.92 Å². The Balaban J connectivity index is 2.38. The van der Waals surface area contributed by atoms with Crippen LogP contribution in [0.5, 0.6) is 0 Å². The van der Waals surface area contributed by atoms with Gasteiger partial charge in [-0.05, 0) is 5.92 Å². The molecule has 0 radical (unpaired) electrons. The number of likely N-dealkylation sites (tertiary alicyclic amines) is 1. The van der Waals surface area contributed by atoms with Crippen LogP contribution in [0.25, 0.3) is 0 Å².